The van der Waals surface area contributed by atoms with E-state index in [0.717, 1.165) is 31.6 Å². The van der Waals surface area contributed by atoms with Crippen LogP contribution in [0.2, 0.25) is 0 Å². The first-order valence-electron chi connectivity index (χ1n) is 11.8. The Morgan fingerprint density at radius 2 is 1.97 bits per heavy atom. The van der Waals surface area contributed by atoms with Crippen LogP contribution in [0.15, 0.2) is 34.9 Å². The highest BCUT2D eigenvalue weighted by molar-refractivity contribution is 9.10. The van der Waals surface area contributed by atoms with Gasteiger partial charge in [0, 0.05) is 43.8 Å². The van der Waals surface area contributed by atoms with Crippen LogP contribution in [0.5, 0.6) is 0 Å². The van der Waals surface area contributed by atoms with Crippen LogP contribution in [-0.2, 0) is 9.59 Å². The standard InChI is InChI=1S/C23H31BrN8O3S/c24-18-14-27-22(29-16-5-3-6-17(13-16)30-23(35)32-10-1-2-11-32)31-20(18)25-8-4-9-26-21(34)19(7-12-36)28-15-33/h3,5-6,13-15,19,36H,1-2,4,7-12H2,(H,26,34)(H,28,33)(H,30,35)(H2,25,27,29,31)/t19-/m0/s1. The Kier molecular flexibility index (Phi) is 11.1. The van der Waals surface area contributed by atoms with E-state index in [1.165, 1.54) is 0 Å². The van der Waals surface area contributed by atoms with Crippen molar-refractivity contribution in [1.82, 2.24) is 25.5 Å². The lowest BCUT2D eigenvalue weighted by atomic mass is 10.2. The van der Waals surface area contributed by atoms with E-state index in [4.69, 9.17) is 0 Å². The van der Waals surface area contributed by atoms with Crippen molar-refractivity contribution < 1.29 is 14.4 Å². The fourth-order valence-electron chi connectivity index (χ4n) is 3.61. The van der Waals surface area contributed by atoms with Crippen molar-refractivity contribution in [3.63, 3.8) is 0 Å². The summed E-state index contributed by atoms with van der Waals surface area (Å²) in [6, 6.07) is 6.71. The number of halogens is 1. The molecule has 1 aliphatic heterocycles. The number of urea groups is 1. The molecule has 1 aromatic heterocycles. The number of nitrogens with zero attached hydrogens (tertiary/aromatic N) is 3. The fourth-order valence-corrected chi connectivity index (χ4v) is 4.20. The average molecular weight is 580 g/mol. The topological polar surface area (TPSA) is 140 Å². The predicted octanol–water partition coefficient (Wildman–Crippen LogP) is 2.96. The van der Waals surface area contributed by atoms with Crippen molar-refractivity contribution >= 4 is 70.0 Å². The van der Waals surface area contributed by atoms with E-state index in [0.29, 0.717) is 60.0 Å². The molecule has 2 heterocycles. The highest BCUT2D eigenvalue weighted by Crippen LogP contribution is 2.23. The van der Waals surface area contributed by atoms with Crippen LogP contribution in [0.3, 0.4) is 0 Å². The maximum absolute atomic E-state index is 12.4. The minimum Gasteiger partial charge on any atom is -0.369 e. The van der Waals surface area contributed by atoms with Crippen LogP contribution in [-0.4, -0.2) is 71.2 Å². The number of aromatic nitrogens is 2. The Bertz CT molecular complexity index is 1040. The van der Waals surface area contributed by atoms with Gasteiger partial charge in [0.05, 0.1) is 4.47 Å². The first kappa shape index (κ1) is 27.5. The van der Waals surface area contributed by atoms with Gasteiger partial charge in [0.25, 0.3) is 0 Å². The molecule has 2 aromatic rings. The Hall–Kier alpha value is -3.06. The molecule has 1 aliphatic rings. The fraction of sp³-hybridized carbons (Fsp3) is 0.435. The molecule has 13 heteroatoms. The number of carbonyl (C=O) groups excluding carboxylic acids is 3. The number of hydrogen-bond acceptors (Lipinski definition) is 8. The normalized spacial score (nSPS) is 13.6. The van der Waals surface area contributed by atoms with E-state index in [1.807, 2.05) is 29.2 Å². The number of carbonyl (C=O) groups is 3. The van der Waals surface area contributed by atoms with E-state index in [2.05, 4.69) is 65.1 Å². The van der Waals surface area contributed by atoms with Gasteiger partial charge in [-0.05, 0) is 65.6 Å². The first-order valence-corrected chi connectivity index (χ1v) is 13.2. The van der Waals surface area contributed by atoms with E-state index in [-0.39, 0.29) is 11.9 Å². The van der Waals surface area contributed by atoms with Crippen molar-refractivity contribution in [2.24, 2.45) is 0 Å². The second kappa shape index (κ2) is 14.5. The monoisotopic (exact) mass is 578 g/mol. The minimum atomic E-state index is -0.579. The number of likely N-dealkylation sites (tertiary alicyclic amines) is 1. The van der Waals surface area contributed by atoms with E-state index in [1.54, 1.807) is 6.20 Å². The molecule has 36 heavy (non-hydrogen) atoms. The predicted molar refractivity (Wildman–Crippen MR) is 147 cm³/mol. The number of rotatable bonds is 13. The van der Waals surface area contributed by atoms with Crippen LogP contribution in [0.25, 0.3) is 0 Å². The molecule has 1 atom stereocenters. The number of benzene rings is 1. The highest BCUT2D eigenvalue weighted by Gasteiger charge is 2.18. The Labute approximate surface area is 224 Å². The van der Waals surface area contributed by atoms with Gasteiger partial charge < -0.3 is 31.5 Å². The van der Waals surface area contributed by atoms with Gasteiger partial charge >= 0.3 is 6.03 Å². The molecule has 4 amide bonds. The van der Waals surface area contributed by atoms with Crippen molar-refractivity contribution in [2.45, 2.75) is 31.7 Å². The molecule has 0 saturated carbocycles. The zero-order valence-corrected chi connectivity index (χ0v) is 22.3. The minimum absolute atomic E-state index is 0.0931. The molecular formula is C23H31BrN8O3S. The quantitative estimate of drug-likeness (QED) is 0.122. The van der Waals surface area contributed by atoms with Crippen LogP contribution < -0.4 is 26.6 Å². The van der Waals surface area contributed by atoms with Gasteiger partial charge in [-0.2, -0.15) is 17.6 Å². The number of thiol groups is 1. The van der Waals surface area contributed by atoms with Gasteiger partial charge in [0.15, 0.2) is 0 Å². The third kappa shape index (κ3) is 8.55. The molecule has 0 aliphatic carbocycles. The van der Waals surface area contributed by atoms with Crippen LogP contribution in [0.1, 0.15) is 25.7 Å². The number of amides is 4. The molecule has 0 spiro atoms. The Balaban J connectivity index is 1.49. The molecule has 3 rings (SSSR count). The van der Waals surface area contributed by atoms with E-state index in [9.17, 15) is 14.4 Å². The molecule has 0 radical (unpaired) electrons. The summed E-state index contributed by atoms with van der Waals surface area (Å²) in [6.45, 7) is 2.57. The summed E-state index contributed by atoms with van der Waals surface area (Å²) in [5, 5.41) is 14.6. The maximum Gasteiger partial charge on any atom is 0.321 e. The summed E-state index contributed by atoms with van der Waals surface area (Å²) in [5.41, 5.74) is 1.43. The van der Waals surface area contributed by atoms with Gasteiger partial charge in [-0.1, -0.05) is 6.07 Å². The molecule has 1 aromatic carbocycles. The second-order valence-electron chi connectivity index (χ2n) is 8.14. The Morgan fingerprint density at radius 3 is 2.72 bits per heavy atom. The lowest BCUT2D eigenvalue weighted by Crippen LogP contribution is -2.44. The number of nitrogens with one attached hydrogen (secondary N) is 5. The molecule has 5 N–H and O–H groups in total. The molecule has 194 valence electrons. The van der Waals surface area contributed by atoms with Crippen LogP contribution >= 0.6 is 28.6 Å². The highest BCUT2D eigenvalue weighted by atomic mass is 79.9. The van der Waals surface area contributed by atoms with E-state index >= 15 is 0 Å². The maximum atomic E-state index is 12.4. The van der Waals surface area contributed by atoms with Gasteiger partial charge in [0.2, 0.25) is 18.3 Å². The molecular weight excluding hydrogens is 548 g/mol. The second-order valence-corrected chi connectivity index (χ2v) is 9.44. The van der Waals surface area contributed by atoms with Crippen molar-refractivity contribution in [3.05, 3.63) is 34.9 Å². The summed E-state index contributed by atoms with van der Waals surface area (Å²) in [6.07, 6.45) is 5.36. The number of hydrogen-bond donors (Lipinski definition) is 6. The molecule has 1 saturated heterocycles. The molecule has 0 bridgehead atoms. The van der Waals surface area contributed by atoms with Crippen molar-refractivity contribution in [1.29, 1.82) is 0 Å². The lowest BCUT2D eigenvalue weighted by Gasteiger charge is -2.16. The third-order valence-electron chi connectivity index (χ3n) is 5.46. The van der Waals surface area contributed by atoms with E-state index < -0.39 is 6.04 Å². The SMILES string of the molecule is O=CN[C@@H](CCS)C(=O)NCCCNc1nc(Nc2cccc(NC(=O)N3CCCC3)c2)ncc1Br. The smallest absolute Gasteiger partial charge is 0.321 e. The summed E-state index contributed by atoms with van der Waals surface area (Å²) < 4.78 is 0.702. The lowest BCUT2D eigenvalue weighted by molar-refractivity contribution is -0.125. The van der Waals surface area contributed by atoms with Gasteiger partial charge in [-0.15, -0.1) is 0 Å². The molecule has 0 unspecified atom stereocenters. The first-order chi connectivity index (χ1) is 17.5. The van der Waals surface area contributed by atoms with Crippen LogP contribution in [0.4, 0.5) is 27.9 Å². The average Bonchev–Trinajstić information content (AvgIpc) is 3.41. The number of anilines is 4. The van der Waals surface area contributed by atoms with Crippen molar-refractivity contribution in [3.8, 4) is 0 Å². The van der Waals surface area contributed by atoms with Crippen LogP contribution in [0, 0.1) is 0 Å². The summed E-state index contributed by atoms with van der Waals surface area (Å²) in [7, 11) is 0. The Morgan fingerprint density at radius 1 is 1.19 bits per heavy atom. The zero-order valence-electron chi connectivity index (χ0n) is 19.8. The summed E-state index contributed by atoms with van der Waals surface area (Å²) in [5.74, 6) is 1.26. The summed E-state index contributed by atoms with van der Waals surface area (Å²) in [4.78, 5) is 45.8. The molecule has 1 fully saturated rings. The third-order valence-corrected chi connectivity index (χ3v) is 6.29. The zero-order chi connectivity index (χ0) is 25.8. The largest absolute Gasteiger partial charge is 0.369 e. The molecule has 11 nitrogen and oxygen atoms in total. The van der Waals surface area contributed by atoms with Gasteiger partial charge in [-0.3, -0.25) is 9.59 Å². The van der Waals surface area contributed by atoms with Gasteiger partial charge in [-0.25, -0.2) is 9.78 Å². The van der Waals surface area contributed by atoms with Crippen molar-refractivity contribution in [2.75, 3.05) is 47.9 Å². The summed E-state index contributed by atoms with van der Waals surface area (Å²) >= 11 is 7.56. The van der Waals surface area contributed by atoms with Gasteiger partial charge in [0.1, 0.15) is 11.9 Å².